The molecule has 0 saturated carbocycles. The minimum absolute atomic E-state index is 0.702. The van der Waals surface area contributed by atoms with E-state index in [1.54, 1.807) is 23.5 Å². The van der Waals surface area contributed by atoms with Crippen molar-refractivity contribution in [3.63, 3.8) is 0 Å². The summed E-state index contributed by atoms with van der Waals surface area (Å²) in [6.07, 6.45) is 0. The van der Waals surface area contributed by atoms with Crippen LogP contribution in [0, 0.1) is 18.3 Å². The number of nitrogens with zero attached hydrogens (tertiary/aromatic N) is 1. The van der Waals surface area contributed by atoms with Crippen molar-refractivity contribution in [1.82, 2.24) is 0 Å². The second kappa shape index (κ2) is 2.75. The van der Waals surface area contributed by atoms with Crippen LogP contribution in [0.15, 0.2) is 18.2 Å². The monoisotopic (exact) mass is 188 g/mol. The Morgan fingerprint density at radius 1 is 1.46 bits per heavy atom. The third-order valence-electron chi connectivity index (χ3n) is 1.96. The number of nitriles is 1. The van der Waals surface area contributed by atoms with Gasteiger partial charge >= 0.3 is 0 Å². The summed E-state index contributed by atoms with van der Waals surface area (Å²) >= 11 is 1.63. The van der Waals surface area contributed by atoms with Gasteiger partial charge in [-0.25, -0.2) is 0 Å². The third kappa shape index (κ3) is 1.16. The van der Waals surface area contributed by atoms with Gasteiger partial charge < -0.3 is 5.73 Å². The molecule has 0 amide bonds. The molecule has 0 unspecified atom stereocenters. The minimum Gasteiger partial charge on any atom is -0.398 e. The molecule has 1 heterocycles. The zero-order valence-corrected chi connectivity index (χ0v) is 7.98. The standard InChI is InChI=1S/C10H8N2S/c1-6-4-8-7(5-11)2-3-9(12)10(8)13-6/h2-4H,12H2,1H3. The van der Waals surface area contributed by atoms with Gasteiger partial charge in [-0.2, -0.15) is 5.26 Å². The first-order valence-electron chi connectivity index (χ1n) is 3.91. The second-order valence-corrected chi connectivity index (χ2v) is 4.17. The summed E-state index contributed by atoms with van der Waals surface area (Å²) < 4.78 is 1.02. The molecule has 0 aliphatic rings. The molecule has 1 aromatic carbocycles. The third-order valence-corrected chi connectivity index (χ3v) is 3.06. The molecule has 2 aromatic rings. The number of rotatable bonds is 0. The highest BCUT2D eigenvalue weighted by molar-refractivity contribution is 7.19. The van der Waals surface area contributed by atoms with Crippen molar-refractivity contribution in [2.45, 2.75) is 6.92 Å². The maximum Gasteiger partial charge on any atom is 0.0998 e. The fraction of sp³-hybridized carbons (Fsp3) is 0.100. The van der Waals surface area contributed by atoms with Gasteiger partial charge in [0.05, 0.1) is 16.3 Å². The summed E-state index contributed by atoms with van der Waals surface area (Å²) in [6, 6.07) is 7.73. The fourth-order valence-electron chi connectivity index (χ4n) is 1.36. The summed E-state index contributed by atoms with van der Waals surface area (Å²) in [4.78, 5) is 1.18. The number of nitrogen functional groups attached to an aromatic ring is 1. The lowest BCUT2D eigenvalue weighted by Gasteiger charge is -1.96. The first-order valence-corrected chi connectivity index (χ1v) is 4.73. The number of anilines is 1. The molecule has 0 aliphatic heterocycles. The smallest absolute Gasteiger partial charge is 0.0998 e. The maximum atomic E-state index is 8.85. The number of fused-ring (bicyclic) bond motifs is 1. The van der Waals surface area contributed by atoms with Gasteiger partial charge in [-0.1, -0.05) is 0 Å². The molecule has 0 radical (unpaired) electrons. The summed E-state index contributed by atoms with van der Waals surface area (Å²) in [6.45, 7) is 2.02. The Labute approximate surface area is 80.2 Å². The van der Waals surface area contributed by atoms with E-state index in [0.29, 0.717) is 5.56 Å². The molecule has 0 saturated heterocycles. The highest BCUT2D eigenvalue weighted by atomic mass is 32.1. The summed E-state index contributed by atoms with van der Waals surface area (Å²) in [7, 11) is 0. The molecule has 1 aromatic heterocycles. The van der Waals surface area contributed by atoms with Crippen LogP contribution < -0.4 is 5.73 Å². The summed E-state index contributed by atoms with van der Waals surface area (Å²) in [5.41, 5.74) is 7.25. The first kappa shape index (κ1) is 8.09. The highest BCUT2D eigenvalue weighted by Crippen LogP contribution is 2.32. The van der Waals surface area contributed by atoms with Crippen molar-refractivity contribution in [1.29, 1.82) is 5.26 Å². The van der Waals surface area contributed by atoms with Gasteiger partial charge in [0.2, 0.25) is 0 Å². The number of nitrogens with two attached hydrogens (primary N) is 1. The molecule has 2 nitrogen and oxygen atoms in total. The van der Waals surface area contributed by atoms with Gasteiger partial charge in [0.15, 0.2) is 0 Å². The number of aryl methyl sites for hydroxylation is 1. The van der Waals surface area contributed by atoms with Gasteiger partial charge in [-0.05, 0) is 25.1 Å². The Morgan fingerprint density at radius 3 is 2.92 bits per heavy atom. The van der Waals surface area contributed by atoms with Gasteiger partial charge in [-0.15, -0.1) is 11.3 Å². The average molecular weight is 188 g/mol. The van der Waals surface area contributed by atoms with Crippen molar-refractivity contribution in [3.8, 4) is 6.07 Å². The lowest BCUT2D eigenvalue weighted by atomic mass is 10.1. The van der Waals surface area contributed by atoms with Crippen molar-refractivity contribution in [3.05, 3.63) is 28.6 Å². The van der Waals surface area contributed by atoms with Crippen molar-refractivity contribution >= 4 is 27.1 Å². The van der Waals surface area contributed by atoms with Crippen LogP contribution in [0.1, 0.15) is 10.4 Å². The van der Waals surface area contributed by atoms with E-state index in [2.05, 4.69) is 6.07 Å². The van der Waals surface area contributed by atoms with E-state index in [-0.39, 0.29) is 0 Å². The van der Waals surface area contributed by atoms with Crippen molar-refractivity contribution < 1.29 is 0 Å². The van der Waals surface area contributed by atoms with Crippen LogP contribution in [0.4, 0.5) is 5.69 Å². The van der Waals surface area contributed by atoms with E-state index in [0.717, 1.165) is 15.8 Å². The van der Waals surface area contributed by atoms with E-state index < -0.39 is 0 Å². The van der Waals surface area contributed by atoms with E-state index in [9.17, 15) is 0 Å². The average Bonchev–Trinajstić information content (AvgIpc) is 2.48. The van der Waals surface area contributed by atoms with Gasteiger partial charge in [-0.3, -0.25) is 0 Å². The van der Waals surface area contributed by atoms with Crippen LogP contribution in [0.25, 0.3) is 10.1 Å². The zero-order valence-electron chi connectivity index (χ0n) is 7.16. The van der Waals surface area contributed by atoms with Gasteiger partial charge in [0, 0.05) is 16.0 Å². The Morgan fingerprint density at radius 2 is 2.23 bits per heavy atom. The largest absolute Gasteiger partial charge is 0.398 e. The van der Waals surface area contributed by atoms with Crippen molar-refractivity contribution in [2.75, 3.05) is 5.73 Å². The predicted octanol–water partition coefficient (Wildman–Crippen LogP) is 2.66. The minimum atomic E-state index is 0.702. The Hall–Kier alpha value is -1.53. The molecule has 0 spiro atoms. The topological polar surface area (TPSA) is 49.8 Å². The summed E-state index contributed by atoms with van der Waals surface area (Å²) in [5.74, 6) is 0. The Balaban J connectivity index is 2.94. The lowest BCUT2D eigenvalue weighted by molar-refractivity contribution is 1.51. The highest BCUT2D eigenvalue weighted by Gasteiger charge is 2.06. The fourth-order valence-corrected chi connectivity index (χ4v) is 2.33. The molecule has 0 aliphatic carbocycles. The Bertz CT molecular complexity index is 505. The van der Waals surface area contributed by atoms with Crippen LogP contribution in [0.5, 0.6) is 0 Å². The lowest BCUT2D eigenvalue weighted by Crippen LogP contribution is -1.85. The van der Waals surface area contributed by atoms with E-state index in [1.165, 1.54) is 4.88 Å². The molecule has 2 rings (SSSR count). The molecular formula is C10H8N2S. The van der Waals surface area contributed by atoms with Crippen molar-refractivity contribution in [2.24, 2.45) is 0 Å². The molecule has 0 fully saturated rings. The molecule has 2 N–H and O–H groups in total. The summed E-state index contributed by atoms with van der Waals surface area (Å²) in [5, 5.41) is 9.83. The molecule has 0 bridgehead atoms. The number of benzene rings is 1. The van der Waals surface area contributed by atoms with Crippen LogP contribution in [0.2, 0.25) is 0 Å². The molecule has 64 valence electrons. The maximum absolute atomic E-state index is 8.85. The molecular weight excluding hydrogens is 180 g/mol. The zero-order chi connectivity index (χ0) is 9.42. The van der Waals surface area contributed by atoms with Crippen LogP contribution in [-0.4, -0.2) is 0 Å². The molecule has 0 atom stereocenters. The number of hydrogen-bond donors (Lipinski definition) is 1. The van der Waals surface area contributed by atoms with Gasteiger partial charge in [0.25, 0.3) is 0 Å². The quantitative estimate of drug-likeness (QED) is 0.646. The number of hydrogen-bond acceptors (Lipinski definition) is 3. The van der Waals surface area contributed by atoms with Crippen LogP contribution in [-0.2, 0) is 0 Å². The number of thiophene rings is 1. The second-order valence-electron chi connectivity index (χ2n) is 2.91. The van der Waals surface area contributed by atoms with E-state index in [4.69, 9.17) is 11.0 Å². The van der Waals surface area contributed by atoms with Crippen LogP contribution >= 0.6 is 11.3 Å². The Kier molecular flexibility index (Phi) is 1.71. The predicted molar refractivity (Wildman–Crippen MR) is 55.7 cm³/mol. The molecule has 13 heavy (non-hydrogen) atoms. The first-order chi connectivity index (χ1) is 6.22. The normalized spacial score (nSPS) is 10.2. The van der Waals surface area contributed by atoms with E-state index >= 15 is 0 Å². The van der Waals surface area contributed by atoms with Gasteiger partial charge in [0.1, 0.15) is 0 Å². The van der Waals surface area contributed by atoms with E-state index in [1.807, 2.05) is 13.0 Å². The van der Waals surface area contributed by atoms with Crippen LogP contribution in [0.3, 0.4) is 0 Å². The molecule has 3 heteroatoms. The SMILES string of the molecule is Cc1cc2c(C#N)ccc(N)c2s1.